The second-order valence-corrected chi connectivity index (χ2v) is 8.81. The van der Waals surface area contributed by atoms with Crippen molar-refractivity contribution in [3.63, 3.8) is 0 Å². The number of thiazole rings is 2. The maximum absolute atomic E-state index is 12.8. The number of fused-ring (bicyclic) bond motifs is 1. The van der Waals surface area contributed by atoms with E-state index in [9.17, 15) is 4.79 Å². The molecule has 0 aliphatic carbocycles. The van der Waals surface area contributed by atoms with E-state index in [0.717, 1.165) is 33.6 Å². The fraction of sp³-hybridized carbons (Fsp3) is 0.227. The van der Waals surface area contributed by atoms with Crippen molar-refractivity contribution in [2.24, 2.45) is 0 Å². The molecule has 3 heterocycles. The smallest absolute Gasteiger partial charge is 0.274 e. The zero-order valence-electron chi connectivity index (χ0n) is 15.7. The van der Waals surface area contributed by atoms with E-state index >= 15 is 0 Å². The standard InChI is InChI=1S/C22H19N3O2S2/c26-21(18-14-28-20(23-18)15-6-2-1-3-7-15)25-12-10-16(11-13-25)27-22-24-17-8-4-5-9-19(17)29-22/h1-9,14,16H,10-13H2. The normalized spacial score (nSPS) is 15.0. The van der Waals surface area contributed by atoms with Crippen molar-refractivity contribution in [1.29, 1.82) is 0 Å². The van der Waals surface area contributed by atoms with Gasteiger partial charge in [0.2, 0.25) is 0 Å². The highest BCUT2D eigenvalue weighted by molar-refractivity contribution is 7.20. The molecule has 0 atom stereocenters. The minimum atomic E-state index is 0.00173. The van der Waals surface area contributed by atoms with Crippen LogP contribution in [0.25, 0.3) is 20.8 Å². The van der Waals surface area contributed by atoms with E-state index in [2.05, 4.69) is 16.0 Å². The Morgan fingerprint density at radius 3 is 2.55 bits per heavy atom. The first kappa shape index (κ1) is 18.3. The molecule has 0 bridgehead atoms. The van der Waals surface area contributed by atoms with Crippen molar-refractivity contribution < 1.29 is 9.53 Å². The molecule has 0 unspecified atom stereocenters. The molecule has 0 spiro atoms. The van der Waals surface area contributed by atoms with Crippen molar-refractivity contribution in [3.8, 4) is 15.8 Å². The third kappa shape index (κ3) is 3.88. The summed E-state index contributed by atoms with van der Waals surface area (Å²) in [4.78, 5) is 23.8. The van der Waals surface area contributed by atoms with Gasteiger partial charge in [-0.15, -0.1) is 11.3 Å². The van der Waals surface area contributed by atoms with Gasteiger partial charge < -0.3 is 9.64 Å². The van der Waals surface area contributed by atoms with Crippen molar-refractivity contribution in [1.82, 2.24) is 14.9 Å². The van der Waals surface area contributed by atoms with E-state index in [4.69, 9.17) is 4.74 Å². The minimum Gasteiger partial charge on any atom is -0.467 e. The van der Waals surface area contributed by atoms with Crippen LogP contribution in [0.5, 0.6) is 5.19 Å². The lowest BCUT2D eigenvalue weighted by Gasteiger charge is -2.31. The maximum atomic E-state index is 12.8. The Morgan fingerprint density at radius 1 is 1.00 bits per heavy atom. The highest BCUT2D eigenvalue weighted by atomic mass is 32.1. The van der Waals surface area contributed by atoms with Crippen LogP contribution in [0.15, 0.2) is 60.0 Å². The van der Waals surface area contributed by atoms with E-state index in [-0.39, 0.29) is 12.0 Å². The van der Waals surface area contributed by atoms with E-state index < -0.39 is 0 Å². The molecule has 2 aromatic heterocycles. The first-order valence-corrected chi connectivity index (χ1v) is 11.3. The number of hydrogen-bond donors (Lipinski definition) is 0. The van der Waals surface area contributed by atoms with Crippen molar-refractivity contribution in [2.45, 2.75) is 18.9 Å². The zero-order chi connectivity index (χ0) is 19.6. The fourth-order valence-corrected chi connectivity index (χ4v) is 5.15. The number of carbonyl (C=O) groups excluding carboxylic acids is 1. The monoisotopic (exact) mass is 421 g/mol. The Balaban J connectivity index is 1.20. The molecule has 1 aliphatic rings. The van der Waals surface area contributed by atoms with Crippen LogP contribution < -0.4 is 4.74 Å². The zero-order valence-corrected chi connectivity index (χ0v) is 17.3. The summed E-state index contributed by atoms with van der Waals surface area (Å²) >= 11 is 3.08. The molecule has 4 aromatic rings. The second kappa shape index (κ2) is 7.93. The van der Waals surface area contributed by atoms with Crippen LogP contribution >= 0.6 is 22.7 Å². The molecule has 0 N–H and O–H groups in total. The molecule has 1 saturated heterocycles. The second-order valence-electron chi connectivity index (χ2n) is 6.96. The number of nitrogens with zero attached hydrogens (tertiary/aromatic N) is 3. The maximum Gasteiger partial charge on any atom is 0.274 e. The van der Waals surface area contributed by atoms with Crippen molar-refractivity contribution in [2.75, 3.05) is 13.1 Å². The van der Waals surface area contributed by atoms with Crippen LogP contribution in [0.3, 0.4) is 0 Å². The van der Waals surface area contributed by atoms with Gasteiger partial charge in [-0.3, -0.25) is 4.79 Å². The first-order valence-electron chi connectivity index (χ1n) is 9.59. The summed E-state index contributed by atoms with van der Waals surface area (Å²) in [7, 11) is 0. The third-order valence-electron chi connectivity index (χ3n) is 5.01. The van der Waals surface area contributed by atoms with Gasteiger partial charge in [0.15, 0.2) is 0 Å². The average molecular weight is 422 g/mol. The summed E-state index contributed by atoms with van der Waals surface area (Å²) in [5.74, 6) is 0.00173. The van der Waals surface area contributed by atoms with E-state index in [1.807, 2.05) is 58.8 Å². The lowest BCUT2D eigenvalue weighted by Crippen LogP contribution is -2.41. The van der Waals surface area contributed by atoms with Crippen LogP contribution in [0, 0.1) is 0 Å². The summed E-state index contributed by atoms with van der Waals surface area (Å²) in [5.41, 5.74) is 2.54. The predicted octanol–water partition coefficient (Wildman–Crippen LogP) is 5.10. The number of benzene rings is 2. The summed E-state index contributed by atoms with van der Waals surface area (Å²) in [5, 5.41) is 3.44. The van der Waals surface area contributed by atoms with Crippen LogP contribution in [-0.4, -0.2) is 40.0 Å². The molecule has 1 aliphatic heterocycles. The fourth-order valence-electron chi connectivity index (χ4n) is 3.47. The van der Waals surface area contributed by atoms with Gasteiger partial charge in [0, 0.05) is 36.9 Å². The summed E-state index contributed by atoms with van der Waals surface area (Å²) in [6.45, 7) is 1.35. The number of ether oxygens (including phenoxy) is 1. The van der Waals surface area contributed by atoms with E-state index in [1.54, 1.807) is 11.3 Å². The van der Waals surface area contributed by atoms with Crippen LogP contribution in [-0.2, 0) is 0 Å². The summed E-state index contributed by atoms with van der Waals surface area (Å²) in [6, 6.07) is 18.0. The SMILES string of the molecule is O=C(c1csc(-c2ccccc2)n1)N1CCC(Oc2nc3ccccc3s2)CC1. The van der Waals surface area contributed by atoms with Gasteiger partial charge in [0.1, 0.15) is 16.8 Å². The highest BCUT2D eigenvalue weighted by Crippen LogP contribution is 2.30. The van der Waals surface area contributed by atoms with Crippen molar-refractivity contribution >= 4 is 38.8 Å². The third-order valence-corrected chi connectivity index (χ3v) is 6.83. The molecule has 2 aromatic carbocycles. The molecular formula is C22H19N3O2S2. The number of piperidine rings is 1. The Hall–Kier alpha value is -2.77. The molecular weight excluding hydrogens is 402 g/mol. The van der Waals surface area contributed by atoms with Gasteiger partial charge in [-0.25, -0.2) is 9.97 Å². The average Bonchev–Trinajstić information content (AvgIpc) is 3.41. The lowest BCUT2D eigenvalue weighted by molar-refractivity contribution is 0.0591. The molecule has 5 rings (SSSR count). The highest BCUT2D eigenvalue weighted by Gasteiger charge is 2.26. The van der Waals surface area contributed by atoms with Gasteiger partial charge in [-0.05, 0) is 12.1 Å². The van der Waals surface area contributed by atoms with Crippen molar-refractivity contribution in [3.05, 3.63) is 65.7 Å². The number of rotatable bonds is 4. The topological polar surface area (TPSA) is 55.3 Å². The Labute approximate surface area is 176 Å². The van der Waals surface area contributed by atoms with Crippen LogP contribution in [0.1, 0.15) is 23.3 Å². The summed E-state index contributed by atoms with van der Waals surface area (Å²) < 4.78 is 7.22. The Morgan fingerprint density at radius 2 is 1.76 bits per heavy atom. The molecule has 1 amide bonds. The number of amides is 1. The molecule has 7 heteroatoms. The molecule has 29 heavy (non-hydrogen) atoms. The number of likely N-dealkylation sites (tertiary alicyclic amines) is 1. The summed E-state index contributed by atoms with van der Waals surface area (Å²) in [6.07, 6.45) is 1.70. The number of aromatic nitrogens is 2. The molecule has 5 nitrogen and oxygen atoms in total. The number of carbonyl (C=O) groups is 1. The van der Waals surface area contributed by atoms with Crippen LogP contribution in [0.4, 0.5) is 0 Å². The predicted molar refractivity (Wildman–Crippen MR) is 117 cm³/mol. The van der Waals surface area contributed by atoms with Gasteiger partial charge >= 0.3 is 0 Å². The molecule has 146 valence electrons. The minimum absolute atomic E-state index is 0.00173. The lowest BCUT2D eigenvalue weighted by atomic mass is 10.1. The van der Waals surface area contributed by atoms with Gasteiger partial charge in [0.25, 0.3) is 11.1 Å². The molecule has 0 saturated carbocycles. The molecule has 1 fully saturated rings. The van der Waals surface area contributed by atoms with Gasteiger partial charge in [-0.1, -0.05) is 53.8 Å². The molecule has 0 radical (unpaired) electrons. The Bertz CT molecular complexity index is 1100. The van der Waals surface area contributed by atoms with E-state index in [1.165, 1.54) is 11.3 Å². The largest absolute Gasteiger partial charge is 0.467 e. The quantitative estimate of drug-likeness (QED) is 0.460. The number of para-hydroxylation sites is 1. The first-order chi connectivity index (χ1) is 14.3. The van der Waals surface area contributed by atoms with Crippen LogP contribution in [0.2, 0.25) is 0 Å². The number of hydrogen-bond acceptors (Lipinski definition) is 6. The van der Waals surface area contributed by atoms with Gasteiger partial charge in [0.05, 0.1) is 10.2 Å². The van der Waals surface area contributed by atoms with E-state index in [0.29, 0.717) is 24.0 Å². The van der Waals surface area contributed by atoms with Gasteiger partial charge in [-0.2, -0.15) is 0 Å². The Kier molecular flexibility index (Phi) is 4.99.